The fourth-order valence-electron chi connectivity index (χ4n) is 5.47. The van der Waals surface area contributed by atoms with E-state index in [-0.39, 0.29) is 17.9 Å². The SMILES string of the molecule is CN1CCN(C(=O)c2cccc(-c3n[nH]c4ccc(NC(=O)C(c5ccsc5)N5CCCC5)cc34)c2)CC1. The molecule has 2 aliphatic rings. The van der Waals surface area contributed by atoms with Crippen molar-refractivity contribution in [3.63, 3.8) is 0 Å². The lowest BCUT2D eigenvalue weighted by molar-refractivity contribution is -0.121. The number of rotatable bonds is 6. The molecule has 2 fully saturated rings. The third-order valence-electron chi connectivity index (χ3n) is 7.62. The highest BCUT2D eigenvalue weighted by atomic mass is 32.1. The third kappa shape index (κ3) is 4.97. The van der Waals surface area contributed by atoms with E-state index in [2.05, 4.69) is 37.7 Å². The van der Waals surface area contributed by atoms with Gasteiger partial charge in [-0.15, -0.1) is 0 Å². The van der Waals surface area contributed by atoms with Gasteiger partial charge in [-0.2, -0.15) is 16.4 Å². The van der Waals surface area contributed by atoms with E-state index < -0.39 is 0 Å². The second-order valence-electron chi connectivity index (χ2n) is 10.2. The number of fused-ring (bicyclic) bond motifs is 1. The van der Waals surface area contributed by atoms with Gasteiger partial charge in [-0.05, 0) is 85.7 Å². The number of anilines is 1. The first kappa shape index (κ1) is 24.8. The summed E-state index contributed by atoms with van der Waals surface area (Å²) < 4.78 is 0. The van der Waals surface area contributed by atoms with Crippen molar-refractivity contribution in [2.24, 2.45) is 0 Å². The largest absolute Gasteiger partial charge is 0.336 e. The van der Waals surface area contributed by atoms with Gasteiger partial charge in [-0.25, -0.2) is 0 Å². The smallest absolute Gasteiger partial charge is 0.253 e. The first-order valence-electron chi connectivity index (χ1n) is 13.2. The Morgan fingerprint density at radius 3 is 2.58 bits per heavy atom. The molecule has 0 radical (unpaired) electrons. The number of carbonyl (C=O) groups is 2. The molecule has 2 saturated heterocycles. The van der Waals surface area contributed by atoms with E-state index in [0.29, 0.717) is 5.56 Å². The van der Waals surface area contributed by atoms with Crippen LogP contribution in [0.4, 0.5) is 5.69 Å². The van der Waals surface area contributed by atoms with E-state index in [9.17, 15) is 9.59 Å². The molecular weight excluding hydrogens is 496 g/mol. The molecule has 9 heteroatoms. The Hall–Kier alpha value is -3.53. The van der Waals surface area contributed by atoms with E-state index >= 15 is 0 Å². The molecule has 2 N–H and O–H groups in total. The van der Waals surface area contributed by atoms with Crippen LogP contribution in [0, 0.1) is 0 Å². The molecule has 8 nitrogen and oxygen atoms in total. The fourth-order valence-corrected chi connectivity index (χ4v) is 6.15. The minimum absolute atomic E-state index is 0.0190. The average Bonchev–Trinajstić information content (AvgIpc) is 3.72. The average molecular weight is 529 g/mol. The summed E-state index contributed by atoms with van der Waals surface area (Å²) >= 11 is 1.62. The molecule has 0 saturated carbocycles. The predicted molar refractivity (Wildman–Crippen MR) is 151 cm³/mol. The zero-order valence-electron chi connectivity index (χ0n) is 21.5. The summed E-state index contributed by atoms with van der Waals surface area (Å²) in [6, 6.07) is 15.2. The normalized spacial score (nSPS) is 17.7. The zero-order chi connectivity index (χ0) is 26.1. The predicted octanol–water partition coefficient (Wildman–Crippen LogP) is 4.45. The number of hydrogen-bond donors (Lipinski definition) is 2. The molecule has 6 rings (SSSR count). The van der Waals surface area contributed by atoms with Crippen LogP contribution in [0.3, 0.4) is 0 Å². The van der Waals surface area contributed by atoms with Crippen molar-refractivity contribution >= 4 is 39.7 Å². The molecule has 38 heavy (non-hydrogen) atoms. The molecule has 196 valence electrons. The number of aromatic nitrogens is 2. The van der Waals surface area contributed by atoms with Gasteiger partial charge in [0, 0.05) is 48.4 Å². The van der Waals surface area contributed by atoms with Crippen LogP contribution in [0.2, 0.25) is 0 Å². The number of likely N-dealkylation sites (tertiary alicyclic amines) is 1. The van der Waals surface area contributed by atoms with Crippen molar-refractivity contribution < 1.29 is 9.59 Å². The van der Waals surface area contributed by atoms with Crippen molar-refractivity contribution in [1.82, 2.24) is 24.9 Å². The fraction of sp³-hybridized carbons (Fsp3) is 0.345. The van der Waals surface area contributed by atoms with Crippen molar-refractivity contribution in [3.8, 4) is 11.3 Å². The second-order valence-corrected chi connectivity index (χ2v) is 11.0. The van der Waals surface area contributed by atoms with Gasteiger partial charge in [-0.1, -0.05) is 12.1 Å². The molecule has 1 atom stereocenters. The van der Waals surface area contributed by atoms with E-state index in [1.807, 2.05) is 58.8 Å². The Labute approximate surface area is 226 Å². The lowest BCUT2D eigenvalue weighted by Gasteiger charge is -2.32. The highest BCUT2D eigenvalue weighted by molar-refractivity contribution is 7.08. The number of H-pyrrole nitrogens is 1. The zero-order valence-corrected chi connectivity index (χ0v) is 22.3. The van der Waals surface area contributed by atoms with Crippen molar-refractivity contribution in [2.45, 2.75) is 18.9 Å². The molecule has 2 aliphatic heterocycles. The lowest BCUT2D eigenvalue weighted by atomic mass is 10.0. The van der Waals surface area contributed by atoms with Crippen LogP contribution >= 0.6 is 11.3 Å². The number of thiophene rings is 1. The van der Waals surface area contributed by atoms with Crippen LogP contribution in [0.15, 0.2) is 59.3 Å². The van der Waals surface area contributed by atoms with E-state index in [4.69, 9.17) is 0 Å². The highest BCUT2D eigenvalue weighted by Crippen LogP contribution is 2.31. The molecule has 0 bridgehead atoms. The van der Waals surface area contributed by atoms with Crippen LogP contribution < -0.4 is 5.32 Å². The van der Waals surface area contributed by atoms with E-state index in [1.54, 1.807) is 11.3 Å². The summed E-state index contributed by atoms with van der Waals surface area (Å²) in [4.78, 5) is 33.1. The Kier molecular flexibility index (Phi) is 6.97. The molecule has 2 aromatic carbocycles. The Balaban J connectivity index is 1.25. The maximum atomic E-state index is 13.5. The van der Waals surface area contributed by atoms with Crippen LogP contribution in [-0.2, 0) is 4.79 Å². The molecule has 4 aromatic rings. The van der Waals surface area contributed by atoms with Gasteiger partial charge in [-0.3, -0.25) is 19.6 Å². The number of aromatic amines is 1. The van der Waals surface area contributed by atoms with Crippen LogP contribution in [0.5, 0.6) is 0 Å². The van der Waals surface area contributed by atoms with Gasteiger partial charge in [0.05, 0.1) is 11.2 Å². The van der Waals surface area contributed by atoms with E-state index in [0.717, 1.165) is 85.5 Å². The number of benzene rings is 2. The molecule has 2 aromatic heterocycles. The molecule has 0 aliphatic carbocycles. The summed E-state index contributed by atoms with van der Waals surface area (Å²) in [6.45, 7) is 5.10. The van der Waals surface area contributed by atoms with Crippen LogP contribution in [0.1, 0.15) is 34.8 Å². The number of carbonyl (C=O) groups excluding carboxylic acids is 2. The van der Waals surface area contributed by atoms with Gasteiger partial charge in [0.25, 0.3) is 5.91 Å². The molecule has 1 unspecified atom stereocenters. The standard InChI is InChI=1S/C29H32N6O2S/c1-33-12-14-35(15-13-33)29(37)21-6-4-5-20(17-21)26-24-18-23(7-8-25(24)31-32-26)30-28(36)27(22-9-16-38-19-22)34-10-2-3-11-34/h4-9,16-19,27H,2-3,10-15H2,1H3,(H,30,36)(H,31,32). The summed E-state index contributed by atoms with van der Waals surface area (Å²) in [5, 5.41) is 15.8. The second kappa shape index (κ2) is 10.7. The first-order chi connectivity index (χ1) is 18.6. The Morgan fingerprint density at radius 1 is 1.00 bits per heavy atom. The maximum Gasteiger partial charge on any atom is 0.253 e. The number of amides is 2. The minimum atomic E-state index is -0.291. The van der Waals surface area contributed by atoms with Gasteiger partial charge >= 0.3 is 0 Å². The molecule has 2 amide bonds. The third-order valence-corrected chi connectivity index (χ3v) is 8.32. The van der Waals surface area contributed by atoms with Crippen LogP contribution in [0.25, 0.3) is 22.2 Å². The molecular formula is C29H32N6O2S. The quantitative estimate of drug-likeness (QED) is 0.386. The summed E-state index contributed by atoms with van der Waals surface area (Å²) in [5.74, 6) is 0.0311. The van der Waals surface area contributed by atoms with Gasteiger partial charge in [0.2, 0.25) is 5.91 Å². The summed E-state index contributed by atoms with van der Waals surface area (Å²) in [7, 11) is 2.08. The monoisotopic (exact) mass is 528 g/mol. The maximum absolute atomic E-state index is 13.5. The number of nitrogens with one attached hydrogen (secondary N) is 2. The first-order valence-corrected chi connectivity index (χ1v) is 14.1. The lowest BCUT2D eigenvalue weighted by Crippen LogP contribution is -2.47. The molecule has 4 heterocycles. The topological polar surface area (TPSA) is 84.6 Å². The van der Waals surface area contributed by atoms with Gasteiger partial charge < -0.3 is 15.1 Å². The molecule has 0 spiro atoms. The summed E-state index contributed by atoms with van der Waals surface area (Å²) in [5.41, 5.74) is 4.95. The van der Waals surface area contributed by atoms with Crippen LogP contribution in [-0.4, -0.2) is 83.0 Å². The van der Waals surface area contributed by atoms with Gasteiger partial charge in [0.15, 0.2) is 0 Å². The highest BCUT2D eigenvalue weighted by Gasteiger charge is 2.30. The van der Waals surface area contributed by atoms with Crippen molar-refractivity contribution in [2.75, 3.05) is 51.6 Å². The number of nitrogens with zero attached hydrogens (tertiary/aromatic N) is 4. The number of piperazine rings is 1. The Bertz CT molecular complexity index is 1430. The Morgan fingerprint density at radius 2 is 1.82 bits per heavy atom. The summed E-state index contributed by atoms with van der Waals surface area (Å²) in [6.07, 6.45) is 2.24. The number of hydrogen-bond acceptors (Lipinski definition) is 6. The minimum Gasteiger partial charge on any atom is -0.336 e. The van der Waals surface area contributed by atoms with Crippen molar-refractivity contribution in [1.29, 1.82) is 0 Å². The van der Waals surface area contributed by atoms with Gasteiger partial charge in [0.1, 0.15) is 6.04 Å². The van der Waals surface area contributed by atoms with Crippen molar-refractivity contribution in [3.05, 3.63) is 70.4 Å². The number of likely N-dealkylation sites (N-methyl/N-ethyl adjacent to an activating group) is 1. The van der Waals surface area contributed by atoms with E-state index in [1.165, 1.54) is 0 Å².